The summed E-state index contributed by atoms with van der Waals surface area (Å²) in [7, 11) is 0. The second-order valence-corrected chi connectivity index (χ2v) is 5.30. The molecule has 0 radical (unpaired) electrons. The summed E-state index contributed by atoms with van der Waals surface area (Å²) in [5.74, 6) is 1.61. The van der Waals surface area contributed by atoms with Gasteiger partial charge in [0.15, 0.2) is 0 Å². The maximum absolute atomic E-state index is 11.8. The molecule has 0 bridgehead atoms. The van der Waals surface area contributed by atoms with Crippen LogP contribution in [0.4, 0.5) is 0 Å². The monoisotopic (exact) mass is 222 g/mol. The van der Waals surface area contributed by atoms with Crippen molar-refractivity contribution in [3.05, 3.63) is 12.2 Å². The van der Waals surface area contributed by atoms with E-state index in [1.807, 2.05) is 12.2 Å². The Labute approximate surface area is 97.5 Å². The molecule has 4 unspecified atom stereocenters. The van der Waals surface area contributed by atoms with Gasteiger partial charge in [-0.15, -0.1) is 0 Å². The van der Waals surface area contributed by atoms with E-state index in [1.165, 1.54) is 19.3 Å². The van der Waals surface area contributed by atoms with Crippen LogP contribution in [0, 0.1) is 17.8 Å². The predicted molar refractivity (Wildman–Crippen MR) is 64.7 cm³/mol. The molecule has 2 aliphatic carbocycles. The Kier molecular flexibility index (Phi) is 3.64. The molecular formula is C13H22N2O. The van der Waals surface area contributed by atoms with Crippen molar-refractivity contribution in [2.75, 3.05) is 6.54 Å². The normalized spacial score (nSPS) is 37.9. The molecule has 0 aromatic carbocycles. The van der Waals surface area contributed by atoms with Gasteiger partial charge in [0, 0.05) is 12.6 Å². The molecule has 16 heavy (non-hydrogen) atoms. The third-order valence-electron chi connectivity index (χ3n) is 4.03. The number of nitrogens with two attached hydrogens (primary N) is 1. The van der Waals surface area contributed by atoms with Gasteiger partial charge in [-0.05, 0) is 24.7 Å². The topological polar surface area (TPSA) is 55.1 Å². The van der Waals surface area contributed by atoms with Crippen molar-refractivity contribution in [3.8, 4) is 0 Å². The molecule has 0 saturated heterocycles. The second-order valence-electron chi connectivity index (χ2n) is 5.30. The molecule has 0 aromatic rings. The lowest BCUT2D eigenvalue weighted by atomic mass is 9.98. The Morgan fingerprint density at radius 2 is 2.25 bits per heavy atom. The Bertz CT molecular complexity index is 288. The van der Waals surface area contributed by atoms with Gasteiger partial charge in [0.05, 0.1) is 5.92 Å². The van der Waals surface area contributed by atoms with Gasteiger partial charge in [-0.1, -0.05) is 31.9 Å². The number of nitrogens with one attached hydrogen (secondary N) is 1. The number of carbonyl (C=O) groups is 1. The van der Waals surface area contributed by atoms with Crippen molar-refractivity contribution < 1.29 is 4.79 Å². The van der Waals surface area contributed by atoms with E-state index in [0.717, 1.165) is 18.9 Å². The van der Waals surface area contributed by atoms with Crippen molar-refractivity contribution >= 4 is 5.91 Å². The van der Waals surface area contributed by atoms with Gasteiger partial charge < -0.3 is 11.1 Å². The fourth-order valence-corrected chi connectivity index (χ4v) is 2.81. The lowest BCUT2D eigenvalue weighted by molar-refractivity contribution is -0.123. The SMILES string of the molecule is CC1CCCC1CNC(=O)C1C=CC(N)C1. The van der Waals surface area contributed by atoms with E-state index in [0.29, 0.717) is 5.92 Å². The summed E-state index contributed by atoms with van der Waals surface area (Å²) in [4.78, 5) is 11.8. The van der Waals surface area contributed by atoms with E-state index < -0.39 is 0 Å². The summed E-state index contributed by atoms with van der Waals surface area (Å²) < 4.78 is 0. The van der Waals surface area contributed by atoms with Crippen LogP contribution in [-0.2, 0) is 4.79 Å². The van der Waals surface area contributed by atoms with Crippen LogP contribution < -0.4 is 11.1 Å². The highest BCUT2D eigenvalue weighted by molar-refractivity contribution is 5.81. The average molecular weight is 222 g/mol. The molecule has 4 atom stereocenters. The quantitative estimate of drug-likeness (QED) is 0.710. The van der Waals surface area contributed by atoms with Gasteiger partial charge >= 0.3 is 0 Å². The smallest absolute Gasteiger partial charge is 0.227 e. The Hall–Kier alpha value is -0.830. The predicted octanol–water partition coefficient (Wildman–Crippen LogP) is 1.44. The van der Waals surface area contributed by atoms with Gasteiger partial charge in [0.25, 0.3) is 0 Å². The number of hydrogen-bond acceptors (Lipinski definition) is 2. The van der Waals surface area contributed by atoms with Crippen LogP contribution in [0.25, 0.3) is 0 Å². The second kappa shape index (κ2) is 5.00. The van der Waals surface area contributed by atoms with Gasteiger partial charge in [0.2, 0.25) is 5.91 Å². The lowest BCUT2D eigenvalue weighted by Crippen LogP contribution is -2.34. The maximum atomic E-state index is 11.8. The van der Waals surface area contributed by atoms with Crippen molar-refractivity contribution in [2.45, 2.75) is 38.6 Å². The minimum absolute atomic E-state index is 0.00621. The van der Waals surface area contributed by atoms with Crippen molar-refractivity contribution in [1.29, 1.82) is 0 Å². The van der Waals surface area contributed by atoms with Gasteiger partial charge in [-0.2, -0.15) is 0 Å². The first-order chi connectivity index (χ1) is 7.66. The Morgan fingerprint density at radius 1 is 1.44 bits per heavy atom. The highest BCUT2D eigenvalue weighted by Gasteiger charge is 2.26. The van der Waals surface area contributed by atoms with E-state index in [1.54, 1.807) is 0 Å². The van der Waals surface area contributed by atoms with Crippen molar-refractivity contribution in [1.82, 2.24) is 5.32 Å². The molecule has 1 amide bonds. The first kappa shape index (κ1) is 11.6. The molecule has 1 fully saturated rings. The summed E-state index contributed by atoms with van der Waals surface area (Å²) in [6.07, 6.45) is 8.54. The summed E-state index contributed by atoms with van der Waals surface area (Å²) in [6, 6.07) is 0.0705. The molecule has 0 aromatic heterocycles. The molecule has 90 valence electrons. The van der Waals surface area contributed by atoms with Crippen LogP contribution in [0.1, 0.15) is 32.6 Å². The van der Waals surface area contributed by atoms with E-state index in [9.17, 15) is 4.79 Å². The Morgan fingerprint density at radius 3 is 2.81 bits per heavy atom. The first-order valence-electron chi connectivity index (χ1n) is 6.38. The summed E-state index contributed by atoms with van der Waals surface area (Å²) >= 11 is 0. The molecule has 0 heterocycles. The van der Waals surface area contributed by atoms with Crippen LogP contribution in [0.2, 0.25) is 0 Å². The largest absolute Gasteiger partial charge is 0.355 e. The molecular weight excluding hydrogens is 200 g/mol. The molecule has 0 spiro atoms. The summed E-state index contributed by atoms with van der Waals surface area (Å²) in [6.45, 7) is 3.13. The summed E-state index contributed by atoms with van der Waals surface area (Å²) in [5, 5.41) is 3.07. The zero-order chi connectivity index (χ0) is 11.5. The van der Waals surface area contributed by atoms with Gasteiger partial charge in [-0.3, -0.25) is 4.79 Å². The highest BCUT2D eigenvalue weighted by atomic mass is 16.1. The molecule has 1 saturated carbocycles. The standard InChI is InChI=1S/C13H22N2O/c1-9-3-2-4-11(9)8-15-13(16)10-5-6-12(14)7-10/h5-6,9-12H,2-4,7-8,14H2,1H3,(H,15,16). The van der Waals surface area contributed by atoms with E-state index in [-0.39, 0.29) is 17.9 Å². The molecule has 3 N–H and O–H groups in total. The molecule has 3 nitrogen and oxygen atoms in total. The average Bonchev–Trinajstić information content (AvgIpc) is 2.84. The Balaban J connectivity index is 1.73. The molecule has 2 aliphatic rings. The minimum Gasteiger partial charge on any atom is -0.355 e. The van der Waals surface area contributed by atoms with Crippen molar-refractivity contribution in [2.24, 2.45) is 23.5 Å². The maximum Gasteiger partial charge on any atom is 0.227 e. The van der Waals surface area contributed by atoms with Crippen LogP contribution in [0.15, 0.2) is 12.2 Å². The number of amides is 1. The van der Waals surface area contributed by atoms with Crippen LogP contribution in [-0.4, -0.2) is 18.5 Å². The number of hydrogen-bond donors (Lipinski definition) is 2. The van der Waals surface area contributed by atoms with E-state index >= 15 is 0 Å². The number of rotatable bonds is 3. The van der Waals surface area contributed by atoms with Crippen LogP contribution in [0.5, 0.6) is 0 Å². The first-order valence-corrected chi connectivity index (χ1v) is 6.38. The van der Waals surface area contributed by atoms with E-state index in [2.05, 4.69) is 12.2 Å². The zero-order valence-electron chi connectivity index (χ0n) is 9.99. The molecule has 0 aliphatic heterocycles. The fourth-order valence-electron chi connectivity index (χ4n) is 2.81. The molecule has 3 heteroatoms. The van der Waals surface area contributed by atoms with Crippen LogP contribution in [0.3, 0.4) is 0 Å². The summed E-state index contributed by atoms with van der Waals surface area (Å²) in [5.41, 5.74) is 5.74. The van der Waals surface area contributed by atoms with Gasteiger partial charge in [0.1, 0.15) is 0 Å². The lowest BCUT2D eigenvalue weighted by Gasteiger charge is -2.17. The third-order valence-corrected chi connectivity index (χ3v) is 4.03. The third kappa shape index (κ3) is 2.64. The number of carbonyl (C=O) groups excluding carboxylic acids is 1. The molecule has 2 rings (SSSR count). The fraction of sp³-hybridized carbons (Fsp3) is 0.769. The van der Waals surface area contributed by atoms with Crippen LogP contribution >= 0.6 is 0 Å². The minimum atomic E-state index is 0.00621. The van der Waals surface area contributed by atoms with E-state index in [4.69, 9.17) is 5.73 Å². The highest BCUT2D eigenvalue weighted by Crippen LogP contribution is 2.30. The van der Waals surface area contributed by atoms with Gasteiger partial charge in [-0.25, -0.2) is 0 Å². The zero-order valence-corrected chi connectivity index (χ0v) is 9.99. The van der Waals surface area contributed by atoms with Crippen molar-refractivity contribution in [3.63, 3.8) is 0 Å².